The maximum absolute atomic E-state index is 5.51. The lowest BCUT2D eigenvalue weighted by Crippen LogP contribution is -2.45. The molecule has 4 heteroatoms. The second-order valence-electron chi connectivity index (χ2n) is 7.57. The number of hydrogen-bond acceptors (Lipinski definition) is 4. The van der Waals surface area contributed by atoms with Gasteiger partial charge in [-0.25, -0.2) is 0 Å². The van der Waals surface area contributed by atoms with E-state index < -0.39 is 0 Å². The van der Waals surface area contributed by atoms with Crippen LogP contribution in [-0.2, 0) is 10.2 Å². The molecule has 5 rings (SSSR count). The van der Waals surface area contributed by atoms with Gasteiger partial charge < -0.3 is 9.64 Å². The molecule has 1 aromatic heterocycles. The van der Waals surface area contributed by atoms with Crippen LogP contribution < -0.4 is 0 Å². The zero-order chi connectivity index (χ0) is 14.6. The van der Waals surface area contributed by atoms with E-state index >= 15 is 0 Å². The van der Waals surface area contributed by atoms with Crippen LogP contribution in [0.3, 0.4) is 0 Å². The van der Waals surface area contributed by atoms with E-state index in [0.717, 1.165) is 32.2 Å². The lowest BCUT2D eigenvalue weighted by atomic mass is 9.65. The van der Waals surface area contributed by atoms with E-state index in [2.05, 4.69) is 21.7 Å². The summed E-state index contributed by atoms with van der Waals surface area (Å²) in [5.41, 5.74) is 2.15. The molecule has 2 saturated carbocycles. The summed E-state index contributed by atoms with van der Waals surface area (Å²) in [6.45, 7) is 3.79. The highest BCUT2D eigenvalue weighted by atomic mass is 32.1. The number of morpholine rings is 1. The molecule has 0 amide bonds. The highest BCUT2D eigenvalue weighted by Gasteiger charge is 2.63. The average Bonchev–Trinajstić information content (AvgIpc) is 3.32. The van der Waals surface area contributed by atoms with Crippen LogP contribution in [0.15, 0.2) is 21.8 Å². The molecule has 2 bridgehead atoms. The molecular weight excluding hydrogens is 292 g/mol. The fraction of sp³-hybridized carbons (Fsp3) is 0.722. The number of ether oxygens (including phenoxy) is 1. The van der Waals surface area contributed by atoms with Crippen molar-refractivity contribution in [2.24, 2.45) is 10.9 Å². The first kappa shape index (κ1) is 13.6. The molecule has 118 valence electrons. The predicted octanol–water partition coefficient (Wildman–Crippen LogP) is 3.45. The number of nitrogens with zero attached hydrogens (tertiary/aromatic N) is 2. The molecule has 0 radical (unpaired) electrons. The summed E-state index contributed by atoms with van der Waals surface area (Å²) in [7, 11) is 0. The smallest absolute Gasteiger partial charge is 0.0998 e. The first-order valence-electron chi connectivity index (χ1n) is 8.76. The third-order valence-corrected chi connectivity index (χ3v) is 7.37. The topological polar surface area (TPSA) is 24.8 Å². The Hall–Kier alpha value is -0.870. The summed E-state index contributed by atoms with van der Waals surface area (Å²) in [6, 6.07) is 2.38. The SMILES string of the molecule is c1cc(C23CCC(CC24CCC(N2CCOCC2)=N4)C3)cs1. The van der Waals surface area contributed by atoms with Crippen molar-refractivity contribution in [3.8, 4) is 0 Å². The predicted molar refractivity (Wildman–Crippen MR) is 89.7 cm³/mol. The summed E-state index contributed by atoms with van der Waals surface area (Å²) in [4.78, 5) is 7.94. The molecule has 4 aliphatic rings. The normalized spacial score (nSPS) is 40.6. The number of thiophene rings is 1. The third-order valence-electron chi connectivity index (χ3n) is 6.69. The van der Waals surface area contributed by atoms with Crippen molar-refractivity contribution in [2.45, 2.75) is 49.5 Å². The molecule has 3 atom stereocenters. The lowest BCUT2D eigenvalue weighted by molar-refractivity contribution is 0.0674. The Morgan fingerprint density at radius 3 is 2.91 bits per heavy atom. The summed E-state index contributed by atoms with van der Waals surface area (Å²) in [5.74, 6) is 2.29. The minimum Gasteiger partial charge on any atom is -0.378 e. The first-order chi connectivity index (χ1) is 10.8. The molecule has 3 heterocycles. The largest absolute Gasteiger partial charge is 0.378 e. The maximum atomic E-state index is 5.51. The standard InChI is InChI=1S/C18H24N2OS/c1-4-17(15-3-10-22-13-15)11-14(1)12-18(17)5-2-16(19-18)20-6-8-21-9-7-20/h3,10,13-14H,1-2,4-9,11-12H2. The Balaban J connectivity index is 1.52. The van der Waals surface area contributed by atoms with Gasteiger partial charge in [-0.15, -0.1) is 0 Å². The van der Waals surface area contributed by atoms with Crippen molar-refractivity contribution in [3.63, 3.8) is 0 Å². The van der Waals surface area contributed by atoms with E-state index in [9.17, 15) is 0 Å². The van der Waals surface area contributed by atoms with Crippen LogP contribution in [0.1, 0.15) is 44.1 Å². The van der Waals surface area contributed by atoms with Crippen molar-refractivity contribution >= 4 is 17.2 Å². The Morgan fingerprint density at radius 1 is 1.23 bits per heavy atom. The molecular formula is C18H24N2OS. The average molecular weight is 316 g/mol. The van der Waals surface area contributed by atoms with E-state index in [1.165, 1.54) is 44.4 Å². The molecule has 2 aliphatic carbocycles. The second-order valence-corrected chi connectivity index (χ2v) is 8.35. The Bertz CT molecular complexity index is 592. The van der Waals surface area contributed by atoms with Gasteiger partial charge in [0.15, 0.2) is 0 Å². The number of hydrogen-bond donors (Lipinski definition) is 0. The summed E-state index contributed by atoms with van der Waals surface area (Å²) in [6.07, 6.45) is 7.93. The first-order valence-corrected chi connectivity index (χ1v) is 9.70. The zero-order valence-corrected chi connectivity index (χ0v) is 13.9. The zero-order valence-electron chi connectivity index (χ0n) is 13.1. The van der Waals surface area contributed by atoms with Gasteiger partial charge in [0.05, 0.1) is 24.6 Å². The van der Waals surface area contributed by atoms with E-state index in [0.29, 0.717) is 5.41 Å². The van der Waals surface area contributed by atoms with Crippen LogP contribution in [0, 0.1) is 5.92 Å². The van der Waals surface area contributed by atoms with Crippen molar-refractivity contribution in [3.05, 3.63) is 22.4 Å². The van der Waals surface area contributed by atoms with Gasteiger partial charge in [-0.3, -0.25) is 4.99 Å². The molecule has 2 aliphatic heterocycles. The van der Waals surface area contributed by atoms with Crippen LogP contribution in [0.25, 0.3) is 0 Å². The summed E-state index contributed by atoms with van der Waals surface area (Å²) in [5, 5.41) is 4.66. The Kier molecular flexibility index (Phi) is 2.97. The van der Waals surface area contributed by atoms with Gasteiger partial charge in [-0.2, -0.15) is 11.3 Å². The van der Waals surface area contributed by atoms with Gasteiger partial charge in [0.1, 0.15) is 0 Å². The fourth-order valence-corrected chi connectivity index (χ4v) is 6.46. The molecule has 0 N–H and O–H groups in total. The van der Waals surface area contributed by atoms with Gasteiger partial charge in [0.2, 0.25) is 0 Å². The van der Waals surface area contributed by atoms with Crippen molar-refractivity contribution in [1.82, 2.24) is 4.90 Å². The van der Waals surface area contributed by atoms with Crippen LogP contribution in [0.4, 0.5) is 0 Å². The van der Waals surface area contributed by atoms with Crippen LogP contribution in [-0.4, -0.2) is 42.6 Å². The molecule has 3 unspecified atom stereocenters. The molecule has 0 aromatic carbocycles. The Morgan fingerprint density at radius 2 is 2.14 bits per heavy atom. The molecule has 22 heavy (non-hydrogen) atoms. The lowest BCUT2D eigenvalue weighted by Gasteiger charge is -2.42. The molecule has 3 fully saturated rings. The molecule has 3 nitrogen and oxygen atoms in total. The van der Waals surface area contributed by atoms with Crippen LogP contribution >= 0.6 is 11.3 Å². The number of aliphatic imine (C=N–C) groups is 1. The van der Waals surface area contributed by atoms with E-state index in [1.807, 2.05) is 11.3 Å². The van der Waals surface area contributed by atoms with Crippen molar-refractivity contribution < 1.29 is 4.74 Å². The summed E-state index contributed by atoms with van der Waals surface area (Å²) >= 11 is 1.85. The molecule has 1 saturated heterocycles. The third kappa shape index (κ3) is 1.74. The van der Waals surface area contributed by atoms with Crippen LogP contribution in [0.2, 0.25) is 0 Å². The molecule has 1 spiro atoms. The van der Waals surface area contributed by atoms with E-state index in [4.69, 9.17) is 9.73 Å². The quantitative estimate of drug-likeness (QED) is 0.793. The van der Waals surface area contributed by atoms with Crippen molar-refractivity contribution in [1.29, 1.82) is 0 Å². The minimum atomic E-state index is 0.213. The Labute approximate surface area is 136 Å². The fourth-order valence-electron chi connectivity index (χ4n) is 5.71. The highest BCUT2D eigenvalue weighted by Crippen LogP contribution is 2.65. The van der Waals surface area contributed by atoms with Gasteiger partial charge >= 0.3 is 0 Å². The van der Waals surface area contributed by atoms with E-state index in [-0.39, 0.29) is 5.54 Å². The maximum Gasteiger partial charge on any atom is 0.0998 e. The monoisotopic (exact) mass is 316 g/mol. The van der Waals surface area contributed by atoms with Gasteiger partial charge in [0, 0.05) is 24.9 Å². The van der Waals surface area contributed by atoms with Crippen molar-refractivity contribution in [2.75, 3.05) is 26.3 Å². The van der Waals surface area contributed by atoms with Gasteiger partial charge in [-0.05, 0) is 60.4 Å². The molecule has 1 aromatic rings. The minimum absolute atomic E-state index is 0.213. The number of amidine groups is 1. The summed E-state index contributed by atoms with van der Waals surface area (Å²) < 4.78 is 5.51. The number of rotatable bonds is 1. The van der Waals surface area contributed by atoms with Crippen LogP contribution in [0.5, 0.6) is 0 Å². The number of fused-ring (bicyclic) bond motifs is 3. The highest BCUT2D eigenvalue weighted by molar-refractivity contribution is 7.08. The van der Waals surface area contributed by atoms with Gasteiger partial charge in [-0.1, -0.05) is 0 Å². The second kappa shape index (κ2) is 4.81. The van der Waals surface area contributed by atoms with Gasteiger partial charge in [0.25, 0.3) is 0 Å². The van der Waals surface area contributed by atoms with E-state index in [1.54, 1.807) is 5.56 Å².